The Hall–Kier alpha value is -2.12. The third-order valence-electron chi connectivity index (χ3n) is 3.03. The SMILES string of the molecule is COCCN(CCOC)C(=O)CNC(=O)COc1ccccc1. The lowest BCUT2D eigenvalue weighted by atomic mass is 10.3. The van der Waals surface area contributed by atoms with Crippen molar-refractivity contribution in [3.05, 3.63) is 30.3 Å². The van der Waals surface area contributed by atoms with Crippen LogP contribution in [0.5, 0.6) is 5.75 Å². The minimum Gasteiger partial charge on any atom is -0.484 e. The first kappa shape index (κ1) is 18.9. The van der Waals surface area contributed by atoms with Crippen LogP contribution >= 0.6 is 0 Å². The molecule has 0 unspecified atom stereocenters. The number of nitrogens with zero attached hydrogens (tertiary/aromatic N) is 1. The first-order chi connectivity index (χ1) is 11.2. The fourth-order valence-electron chi connectivity index (χ4n) is 1.77. The molecule has 7 heteroatoms. The number of ether oxygens (including phenoxy) is 3. The van der Waals surface area contributed by atoms with Gasteiger partial charge < -0.3 is 24.4 Å². The molecule has 1 aromatic rings. The smallest absolute Gasteiger partial charge is 0.258 e. The van der Waals surface area contributed by atoms with Crippen molar-refractivity contribution >= 4 is 11.8 Å². The monoisotopic (exact) mass is 324 g/mol. The summed E-state index contributed by atoms with van der Waals surface area (Å²) in [7, 11) is 3.14. The number of para-hydroxylation sites is 1. The average Bonchev–Trinajstić information content (AvgIpc) is 2.59. The lowest BCUT2D eigenvalue weighted by Crippen LogP contribution is -2.44. The molecule has 0 fully saturated rings. The van der Waals surface area contributed by atoms with Gasteiger partial charge in [-0.3, -0.25) is 9.59 Å². The van der Waals surface area contributed by atoms with E-state index in [0.29, 0.717) is 32.1 Å². The molecule has 0 saturated carbocycles. The van der Waals surface area contributed by atoms with E-state index < -0.39 is 0 Å². The summed E-state index contributed by atoms with van der Waals surface area (Å²) < 4.78 is 15.3. The van der Waals surface area contributed by atoms with Gasteiger partial charge in [-0.1, -0.05) is 18.2 Å². The highest BCUT2D eigenvalue weighted by atomic mass is 16.5. The molecule has 0 heterocycles. The third kappa shape index (κ3) is 8.18. The molecule has 1 aromatic carbocycles. The molecular formula is C16H24N2O5. The maximum absolute atomic E-state index is 12.1. The summed E-state index contributed by atoms with van der Waals surface area (Å²) in [5.74, 6) is 0.0728. The zero-order valence-electron chi connectivity index (χ0n) is 13.6. The van der Waals surface area contributed by atoms with E-state index >= 15 is 0 Å². The van der Waals surface area contributed by atoms with E-state index in [1.807, 2.05) is 18.2 Å². The fourth-order valence-corrected chi connectivity index (χ4v) is 1.77. The predicted molar refractivity (Wildman–Crippen MR) is 85.3 cm³/mol. The Morgan fingerprint density at radius 3 is 2.22 bits per heavy atom. The molecule has 0 aliphatic rings. The van der Waals surface area contributed by atoms with Gasteiger partial charge in [-0.05, 0) is 12.1 Å². The summed E-state index contributed by atoms with van der Waals surface area (Å²) >= 11 is 0. The number of rotatable bonds is 11. The summed E-state index contributed by atoms with van der Waals surface area (Å²) in [6, 6.07) is 9.02. The minimum atomic E-state index is -0.347. The summed E-state index contributed by atoms with van der Waals surface area (Å²) in [6.07, 6.45) is 0. The molecular weight excluding hydrogens is 300 g/mol. The highest BCUT2D eigenvalue weighted by molar-refractivity contribution is 5.85. The molecule has 0 spiro atoms. The van der Waals surface area contributed by atoms with Crippen molar-refractivity contribution in [2.45, 2.75) is 0 Å². The van der Waals surface area contributed by atoms with Gasteiger partial charge in [-0.15, -0.1) is 0 Å². The number of carbonyl (C=O) groups is 2. The quantitative estimate of drug-likeness (QED) is 0.634. The second-order valence-electron chi connectivity index (χ2n) is 4.74. The Labute approximate surface area is 136 Å². The van der Waals surface area contributed by atoms with E-state index in [-0.39, 0.29) is 25.0 Å². The van der Waals surface area contributed by atoms with Gasteiger partial charge in [-0.2, -0.15) is 0 Å². The van der Waals surface area contributed by atoms with Crippen molar-refractivity contribution in [3.63, 3.8) is 0 Å². The molecule has 0 saturated heterocycles. The van der Waals surface area contributed by atoms with Crippen LogP contribution in [0.25, 0.3) is 0 Å². The van der Waals surface area contributed by atoms with E-state index in [1.54, 1.807) is 31.3 Å². The number of methoxy groups -OCH3 is 2. The van der Waals surface area contributed by atoms with Crippen molar-refractivity contribution in [2.24, 2.45) is 0 Å². The van der Waals surface area contributed by atoms with Crippen molar-refractivity contribution in [1.29, 1.82) is 0 Å². The first-order valence-corrected chi connectivity index (χ1v) is 7.37. The number of nitrogens with one attached hydrogen (secondary N) is 1. The van der Waals surface area contributed by atoms with Gasteiger partial charge >= 0.3 is 0 Å². The Morgan fingerprint density at radius 2 is 1.65 bits per heavy atom. The van der Waals surface area contributed by atoms with Crippen molar-refractivity contribution in [3.8, 4) is 5.75 Å². The fraction of sp³-hybridized carbons (Fsp3) is 0.500. The van der Waals surface area contributed by atoms with E-state index in [9.17, 15) is 9.59 Å². The number of amides is 2. The van der Waals surface area contributed by atoms with Crippen LogP contribution in [0.15, 0.2) is 30.3 Å². The van der Waals surface area contributed by atoms with Crippen LogP contribution in [-0.4, -0.2) is 70.4 Å². The van der Waals surface area contributed by atoms with Crippen molar-refractivity contribution < 1.29 is 23.8 Å². The second kappa shape index (κ2) is 11.4. The Morgan fingerprint density at radius 1 is 1.04 bits per heavy atom. The van der Waals surface area contributed by atoms with E-state index in [1.165, 1.54) is 0 Å². The van der Waals surface area contributed by atoms with Gasteiger partial charge in [0.15, 0.2) is 6.61 Å². The van der Waals surface area contributed by atoms with E-state index in [0.717, 1.165) is 0 Å². The molecule has 7 nitrogen and oxygen atoms in total. The van der Waals surface area contributed by atoms with Gasteiger partial charge in [0, 0.05) is 27.3 Å². The molecule has 0 radical (unpaired) electrons. The van der Waals surface area contributed by atoms with Gasteiger partial charge in [0.25, 0.3) is 5.91 Å². The van der Waals surface area contributed by atoms with Crippen LogP contribution in [0.4, 0.5) is 0 Å². The van der Waals surface area contributed by atoms with Crippen LogP contribution in [0.2, 0.25) is 0 Å². The third-order valence-corrected chi connectivity index (χ3v) is 3.03. The molecule has 2 amide bonds. The molecule has 0 bridgehead atoms. The maximum Gasteiger partial charge on any atom is 0.258 e. The normalized spacial score (nSPS) is 10.2. The number of hydrogen-bond donors (Lipinski definition) is 1. The lowest BCUT2D eigenvalue weighted by Gasteiger charge is -2.22. The molecule has 128 valence electrons. The topological polar surface area (TPSA) is 77.1 Å². The standard InChI is InChI=1S/C16H24N2O5/c1-21-10-8-18(9-11-22-2)16(20)12-17-15(19)13-23-14-6-4-3-5-7-14/h3-7H,8-13H2,1-2H3,(H,17,19). The van der Waals surface area contributed by atoms with Gasteiger partial charge in [-0.25, -0.2) is 0 Å². The van der Waals surface area contributed by atoms with Crippen LogP contribution in [-0.2, 0) is 19.1 Å². The lowest BCUT2D eigenvalue weighted by molar-refractivity contribution is -0.134. The Kier molecular flexibility index (Phi) is 9.42. The largest absolute Gasteiger partial charge is 0.484 e. The van der Waals surface area contributed by atoms with E-state index in [4.69, 9.17) is 14.2 Å². The number of benzene rings is 1. The molecule has 0 aliphatic heterocycles. The molecule has 0 aromatic heterocycles. The summed E-state index contributed by atoms with van der Waals surface area (Å²) in [4.78, 5) is 25.4. The maximum atomic E-state index is 12.1. The minimum absolute atomic E-state index is 0.0790. The van der Waals surface area contributed by atoms with Crippen LogP contribution < -0.4 is 10.1 Å². The van der Waals surface area contributed by atoms with Gasteiger partial charge in [0.1, 0.15) is 5.75 Å². The first-order valence-electron chi connectivity index (χ1n) is 7.37. The zero-order chi connectivity index (χ0) is 16.9. The second-order valence-corrected chi connectivity index (χ2v) is 4.74. The molecule has 1 N–H and O–H groups in total. The molecule has 23 heavy (non-hydrogen) atoms. The summed E-state index contributed by atoms with van der Waals surface area (Å²) in [5, 5.41) is 2.55. The van der Waals surface area contributed by atoms with Crippen LogP contribution in [0.1, 0.15) is 0 Å². The van der Waals surface area contributed by atoms with Crippen LogP contribution in [0, 0.1) is 0 Å². The molecule has 0 aliphatic carbocycles. The molecule has 1 rings (SSSR count). The summed E-state index contributed by atoms with van der Waals surface area (Å²) in [6.45, 7) is 1.56. The number of carbonyl (C=O) groups excluding carboxylic acids is 2. The Bertz CT molecular complexity index is 459. The van der Waals surface area contributed by atoms with Gasteiger partial charge in [0.2, 0.25) is 5.91 Å². The number of hydrogen-bond acceptors (Lipinski definition) is 5. The molecule has 0 atom stereocenters. The van der Waals surface area contributed by atoms with Crippen LogP contribution in [0.3, 0.4) is 0 Å². The van der Waals surface area contributed by atoms with Crippen molar-refractivity contribution in [2.75, 3.05) is 53.7 Å². The average molecular weight is 324 g/mol. The summed E-state index contributed by atoms with van der Waals surface area (Å²) in [5.41, 5.74) is 0. The zero-order valence-corrected chi connectivity index (χ0v) is 13.6. The van der Waals surface area contributed by atoms with E-state index in [2.05, 4.69) is 5.32 Å². The Balaban J connectivity index is 2.32. The predicted octanol–water partition coefficient (Wildman–Crippen LogP) is 0.303. The highest BCUT2D eigenvalue weighted by Gasteiger charge is 2.14. The van der Waals surface area contributed by atoms with Gasteiger partial charge in [0.05, 0.1) is 19.8 Å². The highest BCUT2D eigenvalue weighted by Crippen LogP contribution is 2.07. The van der Waals surface area contributed by atoms with Crippen molar-refractivity contribution in [1.82, 2.24) is 10.2 Å².